The highest BCUT2D eigenvalue weighted by Crippen LogP contribution is 2.39. The summed E-state index contributed by atoms with van der Waals surface area (Å²) >= 11 is 0. The molecule has 1 unspecified atom stereocenters. The van der Waals surface area contributed by atoms with Gasteiger partial charge in [0, 0.05) is 12.6 Å². The van der Waals surface area contributed by atoms with E-state index < -0.39 is 0 Å². The largest absolute Gasteiger partial charge is 0.395 e. The number of hydrogen-bond acceptors (Lipinski definition) is 2. The minimum atomic E-state index is 0.303. The van der Waals surface area contributed by atoms with Gasteiger partial charge in [-0.25, -0.2) is 0 Å². The fraction of sp³-hybridized carbons (Fsp3) is 0.364. The van der Waals surface area contributed by atoms with Crippen molar-refractivity contribution >= 4 is 5.57 Å². The number of benzene rings is 2. The van der Waals surface area contributed by atoms with Crippen molar-refractivity contribution < 1.29 is 5.11 Å². The van der Waals surface area contributed by atoms with Gasteiger partial charge in [-0.05, 0) is 47.9 Å². The Kier molecular flexibility index (Phi) is 4.50. The first-order valence-corrected chi connectivity index (χ1v) is 9.02. The summed E-state index contributed by atoms with van der Waals surface area (Å²) in [6.07, 6.45) is 4.89. The third kappa shape index (κ3) is 3.04. The predicted molar refractivity (Wildman–Crippen MR) is 98.6 cm³/mol. The number of nitrogens with zero attached hydrogens (tertiary/aromatic N) is 1. The molecule has 124 valence electrons. The SMILES string of the molecule is OC[C@@H]1C[C@H]2CCN1C[C@@H]2C=C(c1ccccc1)c1ccccc1. The molecular weight excluding hydrogens is 294 g/mol. The minimum Gasteiger partial charge on any atom is -0.395 e. The van der Waals surface area contributed by atoms with Crippen molar-refractivity contribution in [1.29, 1.82) is 0 Å². The van der Waals surface area contributed by atoms with E-state index >= 15 is 0 Å². The smallest absolute Gasteiger partial charge is 0.0586 e. The Bertz CT molecular complexity index is 653. The van der Waals surface area contributed by atoms with E-state index in [0.29, 0.717) is 24.5 Å². The fourth-order valence-electron chi connectivity index (χ4n) is 4.37. The van der Waals surface area contributed by atoms with Gasteiger partial charge >= 0.3 is 0 Å². The average molecular weight is 319 g/mol. The number of rotatable bonds is 4. The van der Waals surface area contributed by atoms with Crippen molar-refractivity contribution in [2.75, 3.05) is 19.7 Å². The van der Waals surface area contributed by atoms with Crippen molar-refractivity contribution in [2.24, 2.45) is 11.8 Å². The van der Waals surface area contributed by atoms with Crippen LogP contribution < -0.4 is 0 Å². The van der Waals surface area contributed by atoms with Gasteiger partial charge in [-0.3, -0.25) is 4.90 Å². The van der Waals surface area contributed by atoms with Crippen molar-refractivity contribution in [3.05, 3.63) is 77.9 Å². The normalized spacial score (nSPS) is 28.5. The van der Waals surface area contributed by atoms with E-state index in [-0.39, 0.29) is 0 Å². The standard InChI is InChI=1S/C22H25NO/c24-16-21-13-19-11-12-23(21)15-20(19)14-22(17-7-3-1-4-8-17)18-9-5-2-6-10-18/h1-10,14,19-21,24H,11-13,15-16H2/t19-,20+,21+/m1/s1. The molecule has 3 fully saturated rings. The van der Waals surface area contributed by atoms with E-state index in [1.54, 1.807) is 0 Å². The van der Waals surface area contributed by atoms with Crippen LogP contribution in [0.25, 0.3) is 5.57 Å². The molecule has 2 bridgehead atoms. The fourth-order valence-corrected chi connectivity index (χ4v) is 4.37. The van der Waals surface area contributed by atoms with Crippen LogP contribution in [-0.2, 0) is 0 Å². The molecule has 3 aliphatic rings. The van der Waals surface area contributed by atoms with Gasteiger partial charge in [-0.15, -0.1) is 0 Å². The Hall–Kier alpha value is -1.90. The lowest BCUT2D eigenvalue weighted by molar-refractivity contribution is -0.00627. The van der Waals surface area contributed by atoms with Crippen LogP contribution in [-0.4, -0.2) is 35.7 Å². The Morgan fingerprint density at radius 2 is 1.62 bits per heavy atom. The lowest BCUT2D eigenvalue weighted by Crippen LogP contribution is -2.54. The van der Waals surface area contributed by atoms with Gasteiger partial charge in [0.05, 0.1) is 6.61 Å². The van der Waals surface area contributed by atoms with Crippen LogP contribution in [0.1, 0.15) is 24.0 Å². The molecule has 0 spiro atoms. The maximum absolute atomic E-state index is 9.58. The highest BCUT2D eigenvalue weighted by Gasteiger charge is 2.38. The molecule has 0 amide bonds. The second-order valence-electron chi connectivity index (χ2n) is 7.09. The number of aliphatic hydroxyl groups excluding tert-OH is 1. The molecule has 1 N–H and O–H groups in total. The van der Waals surface area contributed by atoms with Crippen LogP contribution in [0.3, 0.4) is 0 Å². The van der Waals surface area contributed by atoms with Gasteiger partial charge in [-0.2, -0.15) is 0 Å². The molecule has 3 saturated heterocycles. The second-order valence-corrected chi connectivity index (χ2v) is 7.09. The number of piperidine rings is 3. The number of fused-ring (bicyclic) bond motifs is 3. The summed E-state index contributed by atoms with van der Waals surface area (Å²) in [6, 6.07) is 21.8. The summed E-state index contributed by atoms with van der Waals surface area (Å²) in [4.78, 5) is 2.48. The van der Waals surface area contributed by atoms with Gasteiger partial charge in [0.25, 0.3) is 0 Å². The van der Waals surface area contributed by atoms with Crippen molar-refractivity contribution in [3.8, 4) is 0 Å². The van der Waals surface area contributed by atoms with Crippen LogP contribution in [0.4, 0.5) is 0 Å². The minimum absolute atomic E-state index is 0.303. The van der Waals surface area contributed by atoms with Crippen LogP contribution in [0.2, 0.25) is 0 Å². The van der Waals surface area contributed by atoms with Gasteiger partial charge in [0.2, 0.25) is 0 Å². The summed E-state index contributed by atoms with van der Waals surface area (Å²) in [6.45, 7) is 2.53. The highest BCUT2D eigenvalue weighted by molar-refractivity contribution is 5.79. The predicted octanol–water partition coefficient (Wildman–Crippen LogP) is 3.82. The summed E-state index contributed by atoms with van der Waals surface area (Å²) in [5.74, 6) is 1.28. The summed E-state index contributed by atoms with van der Waals surface area (Å²) in [5, 5.41) is 9.58. The van der Waals surface area contributed by atoms with Gasteiger partial charge < -0.3 is 5.11 Å². The third-order valence-corrected chi connectivity index (χ3v) is 5.69. The van der Waals surface area contributed by atoms with Crippen molar-refractivity contribution in [2.45, 2.75) is 18.9 Å². The summed E-state index contributed by atoms with van der Waals surface area (Å²) < 4.78 is 0. The molecule has 3 heterocycles. The molecule has 3 aliphatic heterocycles. The van der Waals surface area contributed by atoms with E-state index in [1.807, 2.05) is 0 Å². The average Bonchev–Trinajstić information content (AvgIpc) is 2.68. The monoisotopic (exact) mass is 319 g/mol. The molecule has 0 aliphatic carbocycles. The topological polar surface area (TPSA) is 23.5 Å². The quantitative estimate of drug-likeness (QED) is 0.926. The third-order valence-electron chi connectivity index (χ3n) is 5.69. The van der Waals surface area contributed by atoms with Crippen LogP contribution in [0.5, 0.6) is 0 Å². The molecule has 2 aromatic carbocycles. The first kappa shape index (κ1) is 15.6. The summed E-state index contributed by atoms with van der Waals surface area (Å²) in [7, 11) is 0. The van der Waals surface area contributed by atoms with E-state index in [1.165, 1.54) is 23.1 Å². The van der Waals surface area contributed by atoms with Crippen LogP contribution in [0.15, 0.2) is 66.7 Å². The van der Waals surface area contributed by atoms with Gasteiger partial charge in [0.15, 0.2) is 0 Å². The maximum atomic E-state index is 9.58. The Labute approximate surface area is 144 Å². The lowest BCUT2D eigenvalue weighted by atomic mass is 9.74. The summed E-state index contributed by atoms with van der Waals surface area (Å²) in [5.41, 5.74) is 3.92. The molecule has 0 saturated carbocycles. The molecule has 24 heavy (non-hydrogen) atoms. The first-order chi connectivity index (χ1) is 11.8. The molecule has 0 aromatic heterocycles. The zero-order chi connectivity index (χ0) is 16.4. The molecule has 2 heteroatoms. The van der Waals surface area contributed by atoms with Gasteiger partial charge in [0.1, 0.15) is 0 Å². The second kappa shape index (κ2) is 6.92. The van der Waals surface area contributed by atoms with Crippen molar-refractivity contribution in [1.82, 2.24) is 4.90 Å². The number of hydrogen-bond donors (Lipinski definition) is 1. The zero-order valence-electron chi connectivity index (χ0n) is 14.0. The van der Waals surface area contributed by atoms with E-state index in [4.69, 9.17) is 0 Å². The molecule has 4 atom stereocenters. The molecule has 2 nitrogen and oxygen atoms in total. The van der Waals surface area contributed by atoms with Crippen LogP contribution >= 0.6 is 0 Å². The van der Waals surface area contributed by atoms with Crippen LogP contribution in [0, 0.1) is 11.8 Å². The maximum Gasteiger partial charge on any atom is 0.0586 e. The van der Waals surface area contributed by atoms with E-state index in [0.717, 1.165) is 19.5 Å². The molecular formula is C22H25NO. The Morgan fingerprint density at radius 1 is 1.00 bits per heavy atom. The zero-order valence-corrected chi connectivity index (χ0v) is 14.0. The molecule has 5 rings (SSSR count). The van der Waals surface area contributed by atoms with Crippen molar-refractivity contribution in [3.63, 3.8) is 0 Å². The Morgan fingerprint density at radius 3 is 2.12 bits per heavy atom. The van der Waals surface area contributed by atoms with Gasteiger partial charge in [-0.1, -0.05) is 66.7 Å². The number of aliphatic hydroxyl groups is 1. The Balaban J connectivity index is 1.68. The highest BCUT2D eigenvalue weighted by atomic mass is 16.3. The van der Waals surface area contributed by atoms with E-state index in [2.05, 4.69) is 71.6 Å². The first-order valence-electron chi connectivity index (χ1n) is 9.02. The molecule has 2 aromatic rings. The lowest BCUT2D eigenvalue weighted by Gasteiger charge is -2.48. The van der Waals surface area contributed by atoms with E-state index in [9.17, 15) is 5.11 Å². The molecule has 0 radical (unpaired) electrons.